The number of furan rings is 1. The third-order valence-electron chi connectivity index (χ3n) is 5.75. The number of fused-ring (bicyclic) bond motifs is 1. The number of unbranched alkanes of at least 4 members (excludes halogenated alkanes) is 3. The number of para-hydroxylation sites is 1. The zero-order chi connectivity index (χ0) is 26.0. The van der Waals surface area contributed by atoms with Gasteiger partial charge in [-0.15, -0.1) is 0 Å². The van der Waals surface area contributed by atoms with Crippen LogP contribution in [0.2, 0.25) is 0 Å². The number of carbonyl (C=O) groups is 2. The Balaban J connectivity index is 1.18. The summed E-state index contributed by atoms with van der Waals surface area (Å²) in [7, 11) is 0. The summed E-state index contributed by atoms with van der Waals surface area (Å²) in [5.74, 6) is 1.14. The Kier molecular flexibility index (Phi) is 8.76. The summed E-state index contributed by atoms with van der Waals surface area (Å²) < 4.78 is 22.2. The molecule has 0 radical (unpaired) electrons. The van der Waals surface area contributed by atoms with Gasteiger partial charge >= 0.3 is 11.9 Å². The molecule has 0 atom stereocenters. The molecule has 0 aliphatic carbocycles. The lowest BCUT2D eigenvalue weighted by Crippen LogP contribution is -2.08. The van der Waals surface area contributed by atoms with Crippen molar-refractivity contribution in [2.75, 3.05) is 13.2 Å². The molecule has 0 spiro atoms. The molecule has 0 bridgehead atoms. The standard InChI is InChI=1S/C31H30O6/c1-22(2)30(32)35-20-8-4-3-7-19-34-26-15-13-24(14-16-26)31(33)36-27-17-11-23(12-18-27)29-21-25-9-5-6-10-28(25)37-29/h5-6,9-18,21H,1,3-4,7-8,19-20H2,2H3. The Labute approximate surface area is 216 Å². The number of hydrogen-bond donors (Lipinski definition) is 0. The predicted molar refractivity (Wildman–Crippen MR) is 143 cm³/mol. The van der Waals surface area contributed by atoms with E-state index in [0.717, 1.165) is 48.0 Å². The Morgan fingerprint density at radius 1 is 0.811 bits per heavy atom. The van der Waals surface area contributed by atoms with Crippen molar-refractivity contribution in [3.63, 3.8) is 0 Å². The molecule has 0 fully saturated rings. The van der Waals surface area contributed by atoms with Crippen LogP contribution in [0.15, 0.2) is 95.4 Å². The van der Waals surface area contributed by atoms with Crippen LogP contribution in [0.1, 0.15) is 43.0 Å². The first kappa shape index (κ1) is 25.8. The van der Waals surface area contributed by atoms with Crippen LogP contribution in [-0.2, 0) is 9.53 Å². The smallest absolute Gasteiger partial charge is 0.343 e. The van der Waals surface area contributed by atoms with E-state index in [1.54, 1.807) is 43.3 Å². The van der Waals surface area contributed by atoms with E-state index in [0.29, 0.717) is 35.8 Å². The van der Waals surface area contributed by atoms with E-state index in [9.17, 15) is 9.59 Å². The summed E-state index contributed by atoms with van der Waals surface area (Å²) in [6.07, 6.45) is 3.64. The lowest BCUT2D eigenvalue weighted by atomic mass is 10.1. The Bertz CT molecular complexity index is 1320. The Hall–Kier alpha value is -4.32. The van der Waals surface area contributed by atoms with Gasteiger partial charge in [-0.1, -0.05) is 24.8 Å². The van der Waals surface area contributed by atoms with Gasteiger partial charge in [0, 0.05) is 16.5 Å². The van der Waals surface area contributed by atoms with Gasteiger partial charge in [-0.05, 0) is 93.3 Å². The molecule has 0 amide bonds. The van der Waals surface area contributed by atoms with E-state index in [1.165, 1.54) is 0 Å². The quantitative estimate of drug-likeness (QED) is 0.0878. The predicted octanol–water partition coefficient (Wildman–Crippen LogP) is 7.38. The lowest BCUT2D eigenvalue weighted by Gasteiger charge is -2.08. The van der Waals surface area contributed by atoms with Gasteiger partial charge in [0.05, 0.1) is 18.8 Å². The highest BCUT2D eigenvalue weighted by Crippen LogP contribution is 2.29. The van der Waals surface area contributed by atoms with Crippen LogP contribution in [-0.4, -0.2) is 25.2 Å². The highest BCUT2D eigenvalue weighted by atomic mass is 16.5. The number of hydrogen-bond acceptors (Lipinski definition) is 6. The van der Waals surface area contributed by atoms with Gasteiger partial charge in [0.1, 0.15) is 22.8 Å². The fraction of sp³-hybridized carbons (Fsp3) is 0.226. The maximum absolute atomic E-state index is 12.5. The van der Waals surface area contributed by atoms with Gasteiger partial charge in [-0.25, -0.2) is 9.59 Å². The van der Waals surface area contributed by atoms with Crippen molar-refractivity contribution in [3.05, 3.63) is 96.6 Å². The van der Waals surface area contributed by atoms with Crippen LogP contribution in [0.3, 0.4) is 0 Å². The highest BCUT2D eigenvalue weighted by Gasteiger charge is 2.11. The fourth-order valence-electron chi connectivity index (χ4n) is 3.70. The summed E-state index contributed by atoms with van der Waals surface area (Å²) in [5, 5.41) is 1.04. The first-order valence-electron chi connectivity index (χ1n) is 12.4. The molecule has 37 heavy (non-hydrogen) atoms. The minimum absolute atomic E-state index is 0.340. The second-order valence-corrected chi connectivity index (χ2v) is 8.77. The first-order chi connectivity index (χ1) is 18.0. The topological polar surface area (TPSA) is 75.0 Å². The molecule has 3 aromatic carbocycles. The van der Waals surface area contributed by atoms with Crippen molar-refractivity contribution < 1.29 is 28.2 Å². The minimum atomic E-state index is -0.435. The van der Waals surface area contributed by atoms with Gasteiger partial charge < -0.3 is 18.6 Å². The van der Waals surface area contributed by atoms with Crippen molar-refractivity contribution in [2.24, 2.45) is 0 Å². The summed E-state index contributed by atoms with van der Waals surface area (Å²) in [4.78, 5) is 23.9. The van der Waals surface area contributed by atoms with Crippen molar-refractivity contribution in [2.45, 2.75) is 32.6 Å². The van der Waals surface area contributed by atoms with Crippen LogP contribution in [0.25, 0.3) is 22.3 Å². The van der Waals surface area contributed by atoms with Crippen LogP contribution < -0.4 is 9.47 Å². The monoisotopic (exact) mass is 498 g/mol. The highest BCUT2D eigenvalue weighted by molar-refractivity contribution is 5.91. The molecule has 0 N–H and O–H groups in total. The summed E-state index contributed by atoms with van der Waals surface area (Å²) in [6, 6.07) is 24.0. The summed E-state index contributed by atoms with van der Waals surface area (Å²) in [5.41, 5.74) is 2.60. The van der Waals surface area contributed by atoms with E-state index in [4.69, 9.17) is 18.6 Å². The second-order valence-electron chi connectivity index (χ2n) is 8.77. The van der Waals surface area contributed by atoms with Crippen LogP contribution >= 0.6 is 0 Å². The number of rotatable bonds is 12. The molecule has 6 nitrogen and oxygen atoms in total. The number of benzene rings is 3. The molecular weight excluding hydrogens is 468 g/mol. The van der Waals surface area contributed by atoms with E-state index in [2.05, 4.69) is 6.58 Å². The average molecular weight is 499 g/mol. The maximum atomic E-state index is 12.5. The van der Waals surface area contributed by atoms with E-state index in [-0.39, 0.29) is 5.97 Å². The Morgan fingerprint density at radius 2 is 1.49 bits per heavy atom. The van der Waals surface area contributed by atoms with Crippen LogP contribution in [0, 0.1) is 0 Å². The molecular formula is C31H30O6. The number of ether oxygens (including phenoxy) is 3. The van der Waals surface area contributed by atoms with Crippen molar-refractivity contribution in [1.29, 1.82) is 0 Å². The van der Waals surface area contributed by atoms with Crippen molar-refractivity contribution >= 4 is 22.9 Å². The molecule has 6 heteroatoms. The molecule has 0 saturated carbocycles. The van der Waals surface area contributed by atoms with E-state index in [1.807, 2.05) is 42.5 Å². The zero-order valence-electron chi connectivity index (χ0n) is 20.9. The minimum Gasteiger partial charge on any atom is -0.494 e. The maximum Gasteiger partial charge on any atom is 0.343 e. The first-order valence-corrected chi connectivity index (χ1v) is 12.4. The molecule has 4 rings (SSSR count). The van der Waals surface area contributed by atoms with Crippen molar-refractivity contribution in [1.82, 2.24) is 0 Å². The van der Waals surface area contributed by atoms with Gasteiger partial charge in [-0.3, -0.25) is 0 Å². The van der Waals surface area contributed by atoms with Crippen LogP contribution in [0.5, 0.6) is 11.5 Å². The molecule has 0 saturated heterocycles. The second kappa shape index (κ2) is 12.6. The van der Waals surface area contributed by atoms with Gasteiger partial charge in [0.15, 0.2) is 0 Å². The van der Waals surface area contributed by atoms with Gasteiger partial charge in [0.25, 0.3) is 0 Å². The van der Waals surface area contributed by atoms with Crippen molar-refractivity contribution in [3.8, 4) is 22.8 Å². The average Bonchev–Trinajstić information content (AvgIpc) is 3.35. The Morgan fingerprint density at radius 3 is 2.19 bits per heavy atom. The van der Waals surface area contributed by atoms with Gasteiger partial charge in [-0.2, -0.15) is 0 Å². The van der Waals surface area contributed by atoms with E-state index >= 15 is 0 Å². The zero-order valence-corrected chi connectivity index (χ0v) is 20.9. The molecule has 0 unspecified atom stereocenters. The summed E-state index contributed by atoms with van der Waals surface area (Å²) >= 11 is 0. The lowest BCUT2D eigenvalue weighted by molar-refractivity contribution is -0.139. The van der Waals surface area contributed by atoms with E-state index < -0.39 is 5.97 Å². The SMILES string of the molecule is C=C(C)C(=O)OCCCCCCOc1ccc(C(=O)Oc2ccc(-c3cc4ccccc4o3)cc2)cc1. The molecule has 1 aromatic heterocycles. The van der Waals surface area contributed by atoms with Crippen LogP contribution in [0.4, 0.5) is 0 Å². The fourth-order valence-corrected chi connectivity index (χ4v) is 3.70. The normalized spacial score (nSPS) is 10.7. The molecule has 0 aliphatic heterocycles. The molecule has 190 valence electrons. The third kappa shape index (κ3) is 7.34. The summed E-state index contributed by atoms with van der Waals surface area (Å²) in [6.45, 7) is 6.18. The number of esters is 2. The third-order valence-corrected chi connectivity index (χ3v) is 5.75. The van der Waals surface area contributed by atoms with Gasteiger partial charge in [0.2, 0.25) is 0 Å². The molecule has 1 heterocycles. The molecule has 4 aromatic rings. The largest absolute Gasteiger partial charge is 0.494 e. The molecule has 0 aliphatic rings. The number of carbonyl (C=O) groups excluding carboxylic acids is 2.